The maximum Gasteiger partial charge on any atom is 0.364 e. The molecule has 0 spiro atoms. The van der Waals surface area contributed by atoms with E-state index in [-0.39, 0.29) is 5.82 Å². The molecule has 0 aliphatic heterocycles. The number of nitro groups is 1. The van der Waals surface area contributed by atoms with Crippen LogP contribution < -0.4 is 0 Å². The highest BCUT2D eigenvalue weighted by molar-refractivity contribution is 6.83. The molecule has 1 rings (SSSR count). The summed E-state index contributed by atoms with van der Waals surface area (Å²) in [5.74, 6) is 2.79. The van der Waals surface area contributed by atoms with Crippen molar-refractivity contribution < 1.29 is 4.92 Å². The molecular weight excluding hydrogens is 208 g/mol. The second kappa shape index (κ2) is 4.23. The van der Waals surface area contributed by atoms with E-state index in [9.17, 15) is 10.1 Å². The van der Waals surface area contributed by atoms with Crippen molar-refractivity contribution in [3.05, 3.63) is 34.0 Å². The van der Waals surface area contributed by atoms with E-state index in [4.69, 9.17) is 0 Å². The van der Waals surface area contributed by atoms with E-state index >= 15 is 0 Å². The molecule has 1 aromatic heterocycles. The van der Waals surface area contributed by atoms with E-state index < -0.39 is 13.0 Å². The summed E-state index contributed by atoms with van der Waals surface area (Å²) in [6, 6.07) is 3.08. The summed E-state index contributed by atoms with van der Waals surface area (Å²) in [6.07, 6.45) is 1.41. The smallest absolute Gasteiger partial charge is 0.358 e. The minimum absolute atomic E-state index is 0.155. The first kappa shape index (κ1) is 11.4. The standard InChI is InChI=1S/C10H12N2O2Si/c1-15(2,3)7-5-9-4-6-11-10(8-9)12(13)14/h4,6,8H,1-3H3. The van der Waals surface area contributed by atoms with Crippen molar-refractivity contribution in [1.29, 1.82) is 0 Å². The zero-order valence-electron chi connectivity index (χ0n) is 8.94. The largest absolute Gasteiger partial charge is 0.364 e. The molecule has 1 heterocycles. The van der Waals surface area contributed by atoms with Gasteiger partial charge >= 0.3 is 5.82 Å². The van der Waals surface area contributed by atoms with Gasteiger partial charge in [-0.15, -0.1) is 5.54 Å². The van der Waals surface area contributed by atoms with E-state index in [1.165, 1.54) is 12.3 Å². The minimum Gasteiger partial charge on any atom is -0.358 e. The maximum absolute atomic E-state index is 10.5. The van der Waals surface area contributed by atoms with Gasteiger partial charge in [0.25, 0.3) is 0 Å². The molecule has 0 aliphatic rings. The lowest BCUT2D eigenvalue weighted by Gasteiger charge is -2.02. The Labute approximate surface area is 89.5 Å². The SMILES string of the molecule is C[Si](C)(C)C#Cc1ccnc([N+](=O)[O-])c1. The van der Waals surface area contributed by atoms with Crippen LogP contribution in [0.25, 0.3) is 0 Å². The zero-order chi connectivity index (χ0) is 11.5. The molecule has 1 aromatic rings. The Kier molecular flexibility index (Phi) is 3.22. The Bertz CT molecular complexity index is 441. The first-order valence-electron chi connectivity index (χ1n) is 4.52. The quantitative estimate of drug-likeness (QED) is 0.315. The van der Waals surface area contributed by atoms with Gasteiger partial charge in [0.05, 0.1) is 6.07 Å². The number of rotatable bonds is 1. The molecule has 78 valence electrons. The lowest BCUT2D eigenvalue weighted by molar-refractivity contribution is -0.389. The molecule has 0 bridgehead atoms. The fraction of sp³-hybridized carbons (Fsp3) is 0.300. The summed E-state index contributed by atoms with van der Waals surface area (Å²) in [5, 5.41) is 10.5. The van der Waals surface area contributed by atoms with E-state index in [1.807, 2.05) is 0 Å². The van der Waals surface area contributed by atoms with Crippen LogP contribution in [0.4, 0.5) is 5.82 Å². The second-order valence-electron chi connectivity index (χ2n) is 4.16. The number of hydrogen-bond acceptors (Lipinski definition) is 3. The van der Waals surface area contributed by atoms with E-state index in [0.717, 1.165) is 0 Å². The van der Waals surface area contributed by atoms with Crippen LogP contribution in [0.15, 0.2) is 18.3 Å². The van der Waals surface area contributed by atoms with Crippen LogP contribution in [0, 0.1) is 21.6 Å². The molecule has 0 atom stereocenters. The topological polar surface area (TPSA) is 56.0 Å². The van der Waals surface area contributed by atoms with Gasteiger partial charge in [-0.05, 0) is 16.0 Å². The van der Waals surface area contributed by atoms with Gasteiger partial charge in [0.15, 0.2) is 0 Å². The normalized spacial score (nSPS) is 10.3. The molecule has 0 amide bonds. The highest BCUT2D eigenvalue weighted by atomic mass is 28.3. The fourth-order valence-corrected chi connectivity index (χ4v) is 1.38. The monoisotopic (exact) mass is 220 g/mol. The van der Waals surface area contributed by atoms with Crippen LogP contribution in [0.3, 0.4) is 0 Å². The van der Waals surface area contributed by atoms with Crippen LogP contribution in [0.5, 0.6) is 0 Å². The van der Waals surface area contributed by atoms with Crippen molar-refractivity contribution in [1.82, 2.24) is 4.98 Å². The molecule has 0 unspecified atom stereocenters. The molecule has 4 nitrogen and oxygen atoms in total. The predicted octanol–water partition coefficient (Wildman–Crippen LogP) is 2.22. The lowest BCUT2D eigenvalue weighted by atomic mass is 10.3. The molecule has 0 aromatic carbocycles. The van der Waals surface area contributed by atoms with Crippen LogP contribution in [0.2, 0.25) is 19.6 Å². The molecule has 0 aliphatic carbocycles. The van der Waals surface area contributed by atoms with Crippen molar-refractivity contribution in [2.24, 2.45) is 0 Å². The van der Waals surface area contributed by atoms with Crippen molar-refractivity contribution in [2.45, 2.75) is 19.6 Å². The average Bonchev–Trinajstić information content (AvgIpc) is 2.14. The summed E-state index contributed by atoms with van der Waals surface area (Å²) in [5.41, 5.74) is 3.79. The summed E-state index contributed by atoms with van der Waals surface area (Å²) >= 11 is 0. The molecule has 15 heavy (non-hydrogen) atoms. The van der Waals surface area contributed by atoms with Gasteiger partial charge in [0.2, 0.25) is 0 Å². The number of hydrogen-bond donors (Lipinski definition) is 0. The minimum atomic E-state index is -1.44. The van der Waals surface area contributed by atoms with Crippen LogP contribution >= 0.6 is 0 Å². The maximum atomic E-state index is 10.5. The Morgan fingerprint density at radius 1 is 1.47 bits per heavy atom. The Morgan fingerprint density at radius 3 is 2.67 bits per heavy atom. The van der Waals surface area contributed by atoms with E-state index in [1.54, 1.807) is 6.07 Å². The Hall–Kier alpha value is -1.67. The predicted molar refractivity (Wildman–Crippen MR) is 61.1 cm³/mol. The molecule has 0 N–H and O–H groups in total. The molecule has 0 fully saturated rings. The first-order valence-corrected chi connectivity index (χ1v) is 8.02. The van der Waals surface area contributed by atoms with Crippen molar-refractivity contribution in [3.63, 3.8) is 0 Å². The van der Waals surface area contributed by atoms with Gasteiger partial charge in [0.1, 0.15) is 14.3 Å². The van der Waals surface area contributed by atoms with Gasteiger partial charge in [-0.2, -0.15) is 0 Å². The third kappa shape index (κ3) is 3.91. The molecule has 5 heteroatoms. The number of aromatic nitrogens is 1. The number of nitrogens with zero attached hydrogens (tertiary/aromatic N) is 2. The van der Waals surface area contributed by atoms with Gasteiger partial charge in [0, 0.05) is 5.56 Å². The van der Waals surface area contributed by atoms with Gasteiger partial charge in [-0.25, -0.2) is 0 Å². The van der Waals surface area contributed by atoms with Crippen LogP contribution in [0.1, 0.15) is 5.56 Å². The zero-order valence-corrected chi connectivity index (χ0v) is 9.94. The summed E-state index contributed by atoms with van der Waals surface area (Å²) in [4.78, 5) is 13.6. The van der Waals surface area contributed by atoms with Crippen LogP contribution in [-0.4, -0.2) is 18.0 Å². The first-order chi connectivity index (χ1) is 6.88. The third-order valence-corrected chi connectivity index (χ3v) is 2.39. The third-order valence-electron chi connectivity index (χ3n) is 1.51. The van der Waals surface area contributed by atoms with Crippen molar-refractivity contribution in [3.8, 4) is 11.5 Å². The second-order valence-corrected chi connectivity index (χ2v) is 8.91. The van der Waals surface area contributed by atoms with E-state index in [0.29, 0.717) is 5.56 Å². The van der Waals surface area contributed by atoms with Crippen LogP contribution in [-0.2, 0) is 0 Å². The highest BCUT2D eigenvalue weighted by Gasteiger charge is 2.09. The fourth-order valence-electron chi connectivity index (χ4n) is 0.856. The van der Waals surface area contributed by atoms with Crippen molar-refractivity contribution in [2.75, 3.05) is 0 Å². The Morgan fingerprint density at radius 2 is 2.13 bits per heavy atom. The number of pyridine rings is 1. The van der Waals surface area contributed by atoms with Gasteiger partial charge in [-0.3, -0.25) is 0 Å². The van der Waals surface area contributed by atoms with Gasteiger partial charge in [-0.1, -0.05) is 25.6 Å². The van der Waals surface area contributed by atoms with Crippen molar-refractivity contribution >= 4 is 13.9 Å². The van der Waals surface area contributed by atoms with Gasteiger partial charge < -0.3 is 10.1 Å². The molecule has 0 saturated carbocycles. The van der Waals surface area contributed by atoms with E-state index in [2.05, 4.69) is 36.1 Å². The summed E-state index contributed by atoms with van der Waals surface area (Å²) < 4.78 is 0. The highest BCUT2D eigenvalue weighted by Crippen LogP contribution is 2.08. The lowest BCUT2D eigenvalue weighted by Crippen LogP contribution is -2.16. The summed E-state index contributed by atoms with van der Waals surface area (Å²) in [7, 11) is -1.44. The molecule has 0 radical (unpaired) electrons. The summed E-state index contributed by atoms with van der Waals surface area (Å²) in [6.45, 7) is 6.36. The molecule has 0 saturated heterocycles. The average molecular weight is 220 g/mol. The Balaban J connectivity index is 3.00. The molecular formula is C10H12N2O2Si.